The van der Waals surface area contributed by atoms with Crippen molar-refractivity contribution in [3.05, 3.63) is 59.7 Å². The number of aryl methyl sites for hydroxylation is 1. The Kier molecular flexibility index (Phi) is 5.64. The topological polar surface area (TPSA) is 35.5 Å². The number of para-hydroxylation sites is 2. The molecule has 0 aliphatic heterocycles. The molecule has 2 aromatic carbocycles. The second-order valence-electron chi connectivity index (χ2n) is 5.37. The van der Waals surface area contributed by atoms with E-state index in [1.807, 2.05) is 31.2 Å². The van der Waals surface area contributed by atoms with Crippen LogP contribution in [-0.2, 0) is 6.54 Å². The fourth-order valence-electron chi connectivity index (χ4n) is 2.34. The zero-order chi connectivity index (χ0) is 15.1. The lowest BCUT2D eigenvalue weighted by molar-refractivity contribution is 0.460. The van der Waals surface area contributed by atoms with Crippen molar-refractivity contribution in [1.29, 1.82) is 0 Å². The number of rotatable bonds is 7. The van der Waals surface area contributed by atoms with Gasteiger partial charge < -0.3 is 15.3 Å². The Labute approximate surface area is 127 Å². The number of anilines is 1. The molecule has 3 nitrogen and oxygen atoms in total. The highest BCUT2D eigenvalue weighted by atomic mass is 16.3. The molecule has 0 saturated heterocycles. The maximum Gasteiger partial charge on any atom is 0.122 e. The highest BCUT2D eigenvalue weighted by Gasteiger charge is 2.03. The number of hydrogen-bond donors (Lipinski definition) is 2. The number of phenolic OH excluding ortho intramolecular Hbond substituents is 1. The van der Waals surface area contributed by atoms with Gasteiger partial charge >= 0.3 is 0 Å². The quantitative estimate of drug-likeness (QED) is 0.766. The average molecular weight is 284 g/mol. The number of hydrogen-bond acceptors (Lipinski definition) is 3. The molecule has 0 saturated carbocycles. The lowest BCUT2D eigenvalue weighted by atomic mass is 10.1. The van der Waals surface area contributed by atoms with E-state index in [0.29, 0.717) is 12.3 Å². The molecule has 0 fully saturated rings. The number of nitrogens with one attached hydrogen (secondary N) is 1. The summed E-state index contributed by atoms with van der Waals surface area (Å²) in [6.07, 6.45) is 1.07. The summed E-state index contributed by atoms with van der Waals surface area (Å²) in [6, 6.07) is 16.3. The summed E-state index contributed by atoms with van der Waals surface area (Å²) in [5.74, 6) is 0.409. The van der Waals surface area contributed by atoms with Gasteiger partial charge in [0.25, 0.3) is 0 Å². The van der Waals surface area contributed by atoms with Gasteiger partial charge in [-0.3, -0.25) is 0 Å². The van der Waals surface area contributed by atoms with Crippen LogP contribution in [0.3, 0.4) is 0 Å². The Balaban J connectivity index is 1.70. The van der Waals surface area contributed by atoms with E-state index in [1.165, 1.54) is 5.69 Å². The van der Waals surface area contributed by atoms with Gasteiger partial charge in [-0.15, -0.1) is 0 Å². The van der Waals surface area contributed by atoms with Gasteiger partial charge in [-0.25, -0.2) is 0 Å². The summed E-state index contributed by atoms with van der Waals surface area (Å²) in [5.41, 5.74) is 3.14. The Morgan fingerprint density at radius 2 is 1.81 bits per heavy atom. The van der Waals surface area contributed by atoms with Crippen molar-refractivity contribution in [2.75, 3.05) is 25.0 Å². The van der Waals surface area contributed by atoms with Crippen molar-refractivity contribution in [2.45, 2.75) is 19.9 Å². The fraction of sp³-hybridized carbons (Fsp3) is 0.333. The third-order valence-electron chi connectivity index (χ3n) is 3.68. The maximum atomic E-state index is 9.94. The lowest BCUT2D eigenvalue weighted by Crippen LogP contribution is -2.23. The number of phenols is 1. The fourth-order valence-corrected chi connectivity index (χ4v) is 2.34. The Hall–Kier alpha value is -2.00. The van der Waals surface area contributed by atoms with Crippen molar-refractivity contribution < 1.29 is 5.11 Å². The van der Waals surface area contributed by atoms with Crippen LogP contribution in [0.5, 0.6) is 5.75 Å². The third kappa shape index (κ3) is 4.50. The molecule has 3 heteroatoms. The molecule has 0 radical (unpaired) electrons. The summed E-state index contributed by atoms with van der Waals surface area (Å²) < 4.78 is 0. The SMILES string of the molecule is Cc1cccc(CNCCCN(C)c2ccccc2)c1O. The Bertz CT molecular complexity index is 554. The van der Waals surface area contributed by atoms with Gasteiger partial charge in [0.2, 0.25) is 0 Å². The number of benzene rings is 2. The first-order valence-electron chi connectivity index (χ1n) is 7.43. The van der Waals surface area contributed by atoms with E-state index in [9.17, 15) is 5.11 Å². The van der Waals surface area contributed by atoms with Crippen LogP contribution in [0.4, 0.5) is 5.69 Å². The van der Waals surface area contributed by atoms with Gasteiger partial charge in [-0.05, 0) is 37.6 Å². The van der Waals surface area contributed by atoms with Crippen LogP contribution in [0, 0.1) is 6.92 Å². The summed E-state index contributed by atoms with van der Waals surface area (Å²) >= 11 is 0. The van der Waals surface area contributed by atoms with E-state index < -0.39 is 0 Å². The Morgan fingerprint density at radius 3 is 2.57 bits per heavy atom. The minimum Gasteiger partial charge on any atom is -0.507 e. The predicted octanol–water partition coefficient (Wildman–Crippen LogP) is 3.32. The largest absolute Gasteiger partial charge is 0.507 e. The molecule has 0 atom stereocenters. The highest BCUT2D eigenvalue weighted by molar-refractivity contribution is 5.44. The monoisotopic (exact) mass is 284 g/mol. The molecule has 0 aliphatic rings. The molecule has 0 aromatic heterocycles. The van der Waals surface area contributed by atoms with E-state index in [-0.39, 0.29) is 0 Å². The normalized spacial score (nSPS) is 10.6. The molecule has 2 aromatic rings. The summed E-state index contributed by atoms with van der Waals surface area (Å²) in [7, 11) is 2.11. The molecular weight excluding hydrogens is 260 g/mol. The van der Waals surface area contributed by atoms with E-state index in [4.69, 9.17) is 0 Å². The van der Waals surface area contributed by atoms with Gasteiger partial charge in [0.1, 0.15) is 5.75 Å². The first-order chi connectivity index (χ1) is 10.2. The van der Waals surface area contributed by atoms with E-state index >= 15 is 0 Å². The molecule has 2 rings (SSSR count). The van der Waals surface area contributed by atoms with Gasteiger partial charge in [-0.2, -0.15) is 0 Å². The predicted molar refractivity (Wildman–Crippen MR) is 88.9 cm³/mol. The highest BCUT2D eigenvalue weighted by Crippen LogP contribution is 2.20. The van der Waals surface area contributed by atoms with Crippen molar-refractivity contribution in [2.24, 2.45) is 0 Å². The molecule has 0 spiro atoms. The van der Waals surface area contributed by atoms with Crippen molar-refractivity contribution in [1.82, 2.24) is 5.32 Å². The minimum absolute atomic E-state index is 0.409. The van der Waals surface area contributed by atoms with Gasteiger partial charge in [0.15, 0.2) is 0 Å². The number of nitrogens with zero attached hydrogens (tertiary/aromatic N) is 1. The zero-order valence-electron chi connectivity index (χ0n) is 12.8. The van der Waals surface area contributed by atoms with Gasteiger partial charge in [0.05, 0.1) is 0 Å². The lowest BCUT2D eigenvalue weighted by Gasteiger charge is -2.19. The summed E-state index contributed by atoms with van der Waals surface area (Å²) in [4.78, 5) is 2.26. The molecule has 2 N–H and O–H groups in total. The standard InChI is InChI=1S/C18H24N2O/c1-15-8-6-9-16(18(15)21)14-19-12-7-13-20(2)17-10-4-3-5-11-17/h3-6,8-11,19,21H,7,12-14H2,1-2H3. The second-order valence-corrected chi connectivity index (χ2v) is 5.37. The van der Waals surface area contributed by atoms with Crippen LogP contribution in [0.1, 0.15) is 17.5 Å². The second kappa shape index (κ2) is 7.70. The molecule has 0 unspecified atom stereocenters. The van der Waals surface area contributed by atoms with Crippen LogP contribution in [0.15, 0.2) is 48.5 Å². The van der Waals surface area contributed by atoms with E-state index in [2.05, 4.69) is 41.5 Å². The van der Waals surface area contributed by atoms with Crippen molar-refractivity contribution in [3.63, 3.8) is 0 Å². The minimum atomic E-state index is 0.409. The summed E-state index contributed by atoms with van der Waals surface area (Å²) in [5, 5.41) is 13.3. The van der Waals surface area contributed by atoms with Crippen LogP contribution in [0.2, 0.25) is 0 Å². The Morgan fingerprint density at radius 1 is 1.05 bits per heavy atom. The molecular formula is C18H24N2O. The van der Waals surface area contributed by atoms with Crippen molar-refractivity contribution in [3.8, 4) is 5.75 Å². The maximum absolute atomic E-state index is 9.94. The smallest absolute Gasteiger partial charge is 0.122 e. The van der Waals surface area contributed by atoms with Gasteiger partial charge in [-0.1, -0.05) is 36.4 Å². The molecule has 0 bridgehead atoms. The molecule has 0 amide bonds. The summed E-state index contributed by atoms with van der Waals surface area (Å²) in [6.45, 7) is 4.58. The van der Waals surface area contributed by atoms with Crippen LogP contribution < -0.4 is 10.2 Å². The molecule has 21 heavy (non-hydrogen) atoms. The molecule has 0 heterocycles. The third-order valence-corrected chi connectivity index (χ3v) is 3.68. The van der Waals surface area contributed by atoms with E-state index in [1.54, 1.807) is 0 Å². The average Bonchev–Trinajstić information content (AvgIpc) is 2.51. The first kappa shape index (κ1) is 15.4. The van der Waals surface area contributed by atoms with Crippen LogP contribution in [-0.4, -0.2) is 25.2 Å². The van der Waals surface area contributed by atoms with Crippen molar-refractivity contribution >= 4 is 5.69 Å². The number of aromatic hydroxyl groups is 1. The van der Waals surface area contributed by atoms with Crippen LogP contribution in [0.25, 0.3) is 0 Å². The molecule has 0 aliphatic carbocycles. The van der Waals surface area contributed by atoms with Crippen LogP contribution >= 0.6 is 0 Å². The first-order valence-corrected chi connectivity index (χ1v) is 7.43. The van der Waals surface area contributed by atoms with Gasteiger partial charge in [0, 0.05) is 31.4 Å². The molecule has 112 valence electrons. The van der Waals surface area contributed by atoms with E-state index in [0.717, 1.165) is 30.6 Å². The zero-order valence-corrected chi connectivity index (χ0v) is 12.8.